The molecule has 1 fully saturated rings. The molecule has 0 bridgehead atoms. The number of anilines is 1. The van der Waals surface area contributed by atoms with E-state index in [9.17, 15) is 27.9 Å². The van der Waals surface area contributed by atoms with Crippen LogP contribution in [-0.4, -0.2) is 32.8 Å². The molecule has 0 atom stereocenters. The summed E-state index contributed by atoms with van der Waals surface area (Å²) in [5, 5.41) is 14.0. The van der Waals surface area contributed by atoms with E-state index < -0.39 is 17.7 Å². The smallest absolute Gasteiger partial charge is 0.416 e. The Balaban J connectivity index is 1.98. The van der Waals surface area contributed by atoms with E-state index in [1.165, 1.54) is 27.9 Å². The molecule has 31 heavy (non-hydrogen) atoms. The average Bonchev–Trinajstić information content (AvgIpc) is 3.13. The molecule has 6 nitrogen and oxygen atoms in total. The van der Waals surface area contributed by atoms with Crippen molar-refractivity contribution >= 4 is 17.7 Å². The number of hydrogen-bond acceptors (Lipinski definition) is 3. The van der Waals surface area contributed by atoms with Crippen LogP contribution in [0.3, 0.4) is 0 Å². The van der Waals surface area contributed by atoms with Crippen molar-refractivity contribution in [1.29, 1.82) is 0 Å². The lowest BCUT2D eigenvalue weighted by Gasteiger charge is -2.32. The highest BCUT2D eigenvalue weighted by Gasteiger charge is 2.34. The number of carbonyl (C=O) groups excluding carboxylic acids is 1. The molecule has 1 amide bonds. The number of amides is 1. The maximum Gasteiger partial charge on any atom is 0.416 e. The maximum atomic E-state index is 13.3. The van der Waals surface area contributed by atoms with Crippen molar-refractivity contribution in [1.82, 2.24) is 9.78 Å². The zero-order valence-electron chi connectivity index (χ0n) is 17.7. The Morgan fingerprint density at radius 2 is 1.71 bits per heavy atom. The van der Waals surface area contributed by atoms with E-state index in [0.717, 1.165) is 37.8 Å². The molecule has 1 aliphatic rings. The first-order chi connectivity index (χ1) is 14.5. The Kier molecular flexibility index (Phi) is 6.43. The molecule has 1 saturated carbocycles. The van der Waals surface area contributed by atoms with E-state index in [1.807, 2.05) is 0 Å². The predicted molar refractivity (Wildman–Crippen MR) is 109 cm³/mol. The number of carboxylic acid groups (broad SMARTS) is 1. The van der Waals surface area contributed by atoms with Crippen LogP contribution >= 0.6 is 0 Å². The molecule has 168 valence electrons. The van der Waals surface area contributed by atoms with Crippen molar-refractivity contribution in [3.8, 4) is 5.69 Å². The molecule has 0 saturated heterocycles. The molecule has 1 aliphatic carbocycles. The standard InChI is InChI=1S/C22H26F3N3O3/c1-13(2)28(20(29)15-6-4-14(3)5-7-15)19-18(21(30)31)12-27(26-19)17-10-8-16(9-11-17)22(23,24)25/h8-15H,4-7H2,1-3H3,(H,30,31)/t14-,15-. The van der Waals surface area contributed by atoms with Gasteiger partial charge >= 0.3 is 12.1 Å². The Labute approximate surface area is 178 Å². The monoisotopic (exact) mass is 437 g/mol. The van der Waals surface area contributed by atoms with Gasteiger partial charge in [-0.15, -0.1) is 5.10 Å². The number of rotatable bonds is 5. The third-order valence-corrected chi connectivity index (χ3v) is 5.73. The second kappa shape index (κ2) is 8.72. The van der Waals surface area contributed by atoms with Crippen LogP contribution in [0.5, 0.6) is 0 Å². The number of carbonyl (C=O) groups is 2. The van der Waals surface area contributed by atoms with Gasteiger partial charge in [-0.1, -0.05) is 6.92 Å². The van der Waals surface area contributed by atoms with Crippen LogP contribution in [0.4, 0.5) is 19.0 Å². The summed E-state index contributed by atoms with van der Waals surface area (Å²) in [6.07, 6.45) is 0.114. The van der Waals surface area contributed by atoms with Gasteiger partial charge in [0.25, 0.3) is 0 Å². The number of halogens is 3. The van der Waals surface area contributed by atoms with Crippen molar-refractivity contribution in [3.05, 3.63) is 41.6 Å². The number of hydrogen-bond donors (Lipinski definition) is 1. The zero-order chi connectivity index (χ0) is 22.9. The topological polar surface area (TPSA) is 75.4 Å². The van der Waals surface area contributed by atoms with Gasteiger partial charge in [-0.25, -0.2) is 9.48 Å². The summed E-state index contributed by atoms with van der Waals surface area (Å²) < 4.78 is 39.7. The van der Waals surface area contributed by atoms with Gasteiger partial charge in [0.05, 0.1) is 11.3 Å². The number of alkyl halides is 3. The lowest BCUT2D eigenvalue weighted by atomic mass is 9.82. The molecule has 2 aromatic rings. The normalized spacial score (nSPS) is 19.5. The van der Waals surface area contributed by atoms with Gasteiger partial charge in [0.1, 0.15) is 5.56 Å². The molecule has 9 heteroatoms. The quantitative estimate of drug-likeness (QED) is 0.701. The van der Waals surface area contributed by atoms with Gasteiger partial charge < -0.3 is 5.11 Å². The summed E-state index contributed by atoms with van der Waals surface area (Å²) in [5.41, 5.74) is -0.719. The molecule has 1 aromatic heterocycles. The molecular formula is C22H26F3N3O3. The first-order valence-electron chi connectivity index (χ1n) is 10.3. The summed E-state index contributed by atoms with van der Waals surface area (Å²) in [7, 11) is 0. The molecular weight excluding hydrogens is 411 g/mol. The summed E-state index contributed by atoms with van der Waals surface area (Å²) in [4.78, 5) is 26.6. The van der Waals surface area contributed by atoms with Crippen molar-refractivity contribution < 1.29 is 27.9 Å². The van der Waals surface area contributed by atoms with Gasteiger partial charge in [-0.3, -0.25) is 9.69 Å². The summed E-state index contributed by atoms with van der Waals surface area (Å²) in [6.45, 7) is 5.72. The van der Waals surface area contributed by atoms with Crippen LogP contribution in [-0.2, 0) is 11.0 Å². The molecule has 3 rings (SSSR count). The number of nitrogens with zero attached hydrogens (tertiary/aromatic N) is 3. The Morgan fingerprint density at radius 3 is 2.19 bits per heavy atom. The second-order valence-electron chi connectivity index (χ2n) is 8.42. The number of carboxylic acids is 1. The minimum absolute atomic E-state index is 0.00557. The SMILES string of the molecule is CC(C)N(c1nn(-c2ccc(C(F)(F)F)cc2)cc1C(=O)O)C(=O)[C@H]1CC[C@H](C)CC1. The third-order valence-electron chi connectivity index (χ3n) is 5.73. The van der Waals surface area contributed by atoms with Gasteiger partial charge in [0, 0.05) is 18.2 Å². The summed E-state index contributed by atoms with van der Waals surface area (Å²) in [6, 6.07) is 3.92. The fraction of sp³-hybridized carbons (Fsp3) is 0.500. The van der Waals surface area contributed by atoms with Gasteiger partial charge in [-0.05, 0) is 69.7 Å². The van der Waals surface area contributed by atoms with Gasteiger partial charge in [0.2, 0.25) is 5.91 Å². The van der Waals surface area contributed by atoms with Crippen molar-refractivity contribution in [2.24, 2.45) is 11.8 Å². The Bertz CT molecular complexity index is 943. The van der Waals surface area contributed by atoms with Crippen LogP contribution in [0.15, 0.2) is 30.5 Å². The molecule has 0 unspecified atom stereocenters. The Hall–Kier alpha value is -2.84. The second-order valence-corrected chi connectivity index (χ2v) is 8.42. The lowest BCUT2D eigenvalue weighted by molar-refractivity contribution is -0.137. The van der Waals surface area contributed by atoms with E-state index in [4.69, 9.17) is 0 Å². The van der Waals surface area contributed by atoms with E-state index >= 15 is 0 Å². The fourth-order valence-corrected chi connectivity index (χ4v) is 3.94. The zero-order valence-corrected chi connectivity index (χ0v) is 17.7. The average molecular weight is 437 g/mol. The highest BCUT2D eigenvalue weighted by Crippen LogP contribution is 2.33. The molecule has 0 radical (unpaired) electrons. The molecule has 1 aromatic carbocycles. The van der Waals surface area contributed by atoms with E-state index in [2.05, 4.69) is 12.0 Å². The molecule has 0 aliphatic heterocycles. The minimum atomic E-state index is -4.47. The van der Waals surface area contributed by atoms with Crippen LogP contribution in [0.2, 0.25) is 0 Å². The largest absolute Gasteiger partial charge is 0.477 e. The Morgan fingerprint density at radius 1 is 1.13 bits per heavy atom. The summed E-state index contributed by atoms with van der Waals surface area (Å²) >= 11 is 0. The first kappa shape index (κ1) is 22.8. The highest BCUT2D eigenvalue weighted by molar-refractivity contribution is 6.01. The van der Waals surface area contributed by atoms with E-state index in [-0.39, 0.29) is 34.9 Å². The minimum Gasteiger partial charge on any atom is -0.477 e. The number of benzene rings is 1. The number of aromatic carboxylic acids is 1. The first-order valence-corrected chi connectivity index (χ1v) is 10.3. The third kappa shape index (κ3) is 4.91. The van der Waals surface area contributed by atoms with Gasteiger partial charge in [-0.2, -0.15) is 13.2 Å². The van der Waals surface area contributed by atoms with Crippen LogP contribution in [0, 0.1) is 11.8 Å². The lowest BCUT2D eigenvalue weighted by Crippen LogP contribution is -2.43. The van der Waals surface area contributed by atoms with Crippen molar-refractivity contribution in [2.75, 3.05) is 4.90 Å². The van der Waals surface area contributed by atoms with Gasteiger partial charge in [0.15, 0.2) is 5.82 Å². The highest BCUT2D eigenvalue weighted by atomic mass is 19.4. The van der Waals surface area contributed by atoms with Crippen LogP contribution in [0.25, 0.3) is 5.69 Å². The summed E-state index contributed by atoms with van der Waals surface area (Å²) in [5.74, 6) is -1.06. The van der Waals surface area contributed by atoms with E-state index in [0.29, 0.717) is 5.92 Å². The van der Waals surface area contributed by atoms with Crippen molar-refractivity contribution in [3.63, 3.8) is 0 Å². The van der Waals surface area contributed by atoms with Crippen LogP contribution in [0.1, 0.15) is 62.4 Å². The maximum absolute atomic E-state index is 13.3. The van der Waals surface area contributed by atoms with Crippen molar-refractivity contribution in [2.45, 2.75) is 58.7 Å². The molecule has 1 N–H and O–H groups in total. The van der Waals surface area contributed by atoms with Crippen LogP contribution < -0.4 is 4.90 Å². The predicted octanol–water partition coefficient (Wildman–Crippen LogP) is 5.16. The molecule has 1 heterocycles. The fourth-order valence-electron chi connectivity index (χ4n) is 3.94. The van der Waals surface area contributed by atoms with E-state index in [1.54, 1.807) is 13.8 Å². The number of aromatic nitrogens is 2. The molecule has 0 spiro atoms.